The van der Waals surface area contributed by atoms with Gasteiger partial charge in [0.05, 0.1) is 6.54 Å². The second-order valence-electron chi connectivity index (χ2n) is 9.17. The third kappa shape index (κ3) is 6.30. The van der Waals surface area contributed by atoms with Gasteiger partial charge in [-0.3, -0.25) is 9.69 Å². The number of hydrogen-bond acceptors (Lipinski definition) is 3. The fraction of sp³-hybridized carbons (Fsp3) is 0.625. The molecule has 1 atom stereocenters. The van der Waals surface area contributed by atoms with Gasteiger partial charge in [0.15, 0.2) is 14.1 Å². The number of rotatable bonds is 8. The van der Waals surface area contributed by atoms with Crippen LogP contribution in [0.15, 0.2) is 30.3 Å². The maximum atomic E-state index is 13.8. The molecule has 1 aromatic rings. The van der Waals surface area contributed by atoms with Crippen molar-refractivity contribution in [2.24, 2.45) is 5.92 Å². The van der Waals surface area contributed by atoms with Crippen molar-refractivity contribution in [1.82, 2.24) is 4.90 Å². The quantitative estimate of drug-likeness (QED) is 0.443. The lowest BCUT2D eigenvalue weighted by Crippen LogP contribution is -2.52. The van der Waals surface area contributed by atoms with Gasteiger partial charge in [-0.2, -0.15) is 0 Å². The summed E-state index contributed by atoms with van der Waals surface area (Å²) in [6.07, 6.45) is 6.82. The number of Topliss-reactive ketones (excluding diaryl/α,β-unsaturated/α-hetero) is 1. The highest BCUT2D eigenvalue weighted by molar-refractivity contribution is 6.70. The van der Waals surface area contributed by atoms with Crippen LogP contribution in [-0.4, -0.2) is 39.6 Å². The lowest BCUT2D eigenvalue weighted by atomic mass is 9.70. The van der Waals surface area contributed by atoms with Crippen molar-refractivity contribution in [3.63, 3.8) is 0 Å². The van der Waals surface area contributed by atoms with Gasteiger partial charge < -0.3 is 4.43 Å². The molecule has 1 aromatic carbocycles. The molecule has 154 valence electrons. The zero-order valence-electron chi connectivity index (χ0n) is 18.4. The third-order valence-electron chi connectivity index (χ3n) is 5.26. The van der Waals surface area contributed by atoms with Crippen LogP contribution >= 0.6 is 0 Å². The van der Waals surface area contributed by atoms with E-state index in [1.807, 2.05) is 37.2 Å². The maximum Gasteiger partial charge on any atom is 0.185 e. The van der Waals surface area contributed by atoms with Crippen molar-refractivity contribution in [2.45, 2.75) is 70.2 Å². The zero-order chi connectivity index (χ0) is 20.6. The van der Waals surface area contributed by atoms with Gasteiger partial charge in [-0.15, -0.1) is 5.92 Å². The highest BCUT2D eigenvalue weighted by Crippen LogP contribution is 2.45. The van der Waals surface area contributed by atoms with Gasteiger partial charge in [0.1, 0.15) is 5.60 Å². The summed E-state index contributed by atoms with van der Waals surface area (Å²) in [5.41, 5.74) is 0.227. The summed E-state index contributed by atoms with van der Waals surface area (Å²) < 4.78 is 6.84. The number of nitrogens with zero attached hydrogens (tertiary/aromatic N) is 1. The molecule has 0 N–H and O–H groups in total. The van der Waals surface area contributed by atoms with Gasteiger partial charge in [0.25, 0.3) is 0 Å². The van der Waals surface area contributed by atoms with Gasteiger partial charge in [-0.25, -0.2) is 0 Å². The van der Waals surface area contributed by atoms with E-state index in [1.54, 1.807) is 0 Å². The fourth-order valence-corrected chi connectivity index (χ4v) is 5.53. The van der Waals surface area contributed by atoms with Crippen molar-refractivity contribution < 1.29 is 9.22 Å². The molecule has 0 spiro atoms. The Labute approximate surface area is 173 Å². The summed E-state index contributed by atoms with van der Waals surface area (Å²) >= 11 is 0. The molecule has 0 saturated heterocycles. The van der Waals surface area contributed by atoms with E-state index in [9.17, 15) is 4.79 Å². The summed E-state index contributed by atoms with van der Waals surface area (Å²) in [6, 6.07) is 10.3. The molecule has 0 amide bonds. The molecule has 0 bridgehead atoms. The molecule has 28 heavy (non-hydrogen) atoms. The van der Waals surface area contributed by atoms with E-state index in [0.29, 0.717) is 12.8 Å². The Morgan fingerprint density at radius 2 is 1.75 bits per heavy atom. The van der Waals surface area contributed by atoms with Crippen molar-refractivity contribution in [1.29, 1.82) is 0 Å². The van der Waals surface area contributed by atoms with E-state index in [-0.39, 0.29) is 11.7 Å². The standard InChI is InChI=1S/C24H37NO2Si/c1-25(2)20-14-8-13-19-23(26)24(27-28(3,4)5,21-15-9-6-10-16-21)22-17-11-7-12-18-22/h6,9-10,15-16,22H,7,11-13,17-20H2,1-5H3. The second-order valence-corrected chi connectivity index (χ2v) is 13.6. The highest BCUT2D eigenvalue weighted by atomic mass is 28.4. The zero-order valence-corrected chi connectivity index (χ0v) is 19.4. The average Bonchev–Trinajstić information content (AvgIpc) is 2.66. The molecule has 1 unspecified atom stereocenters. The van der Waals surface area contributed by atoms with Crippen molar-refractivity contribution in [2.75, 3.05) is 20.6 Å². The van der Waals surface area contributed by atoms with Crippen LogP contribution in [0.1, 0.15) is 50.5 Å². The predicted octanol–water partition coefficient (Wildman–Crippen LogP) is 5.23. The molecule has 4 heteroatoms. The van der Waals surface area contributed by atoms with Gasteiger partial charge in [0.2, 0.25) is 0 Å². The minimum atomic E-state index is -1.96. The first-order valence-corrected chi connectivity index (χ1v) is 14.1. The molecule has 3 nitrogen and oxygen atoms in total. The van der Waals surface area contributed by atoms with Crippen molar-refractivity contribution >= 4 is 14.1 Å². The minimum absolute atomic E-state index is 0.215. The summed E-state index contributed by atoms with van der Waals surface area (Å²) in [4.78, 5) is 15.8. The fourth-order valence-electron chi connectivity index (χ4n) is 4.17. The monoisotopic (exact) mass is 399 g/mol. The lowest BCUT2D eigenvalue weighted by molar-refractivity contribution is -0.143. The Morgan fingerprint density at radius 3 is 2.32 bits per heavy atom. The Morgan fingerprint density at radius 1 is 1.11 bits per heavy atom. The molecule has 0 heterocycles. The molecule has 1 saturated carbocycles. The molecule has 2 rings (SSSR count). The van der Waals surface area contributed by atoms with Gasteiger partial charge in [0, 0.05) is 12.8 Å². The Bertz CT molecular complexity index is 678. The van der Waals surface area contributed by atoms with Crippen LogP contribution in [0.4, 0.5) is 0 Å². The number of carbonyl (C=O) groups is 1. The van der Waals surface area contributed by atoms with Crippen molar-refractivity contribution in [3.05, 3.63) is 35.9 Å². The molecule has 1 fully saturated rings. The predicted molar refractivity (Wildman–Crippen MR) is 120 cm³/mol. The van der Waals surface area contributed by atoms with E-state index in [2.05, 4.69) is 43.6 Å². The summed E-state index contributed by atoms with van der Waals surface area (Å²) in [7, 11) is 2.06. The molecule has 0 aromatic heterocycles. The largest absolute Gasteiger partial charge is 0.401 e. The van der Waals surface area contributed by atoms with Crippen LogP contribution in [0, 0.1) is 17.8 Å². The first kappa shape index (κ1) is 22.9. The highest BCUT2D eigenvalue weighted by Gasteiger charge is 2.49. The number of carbonyl (C=O) groups excluding carboxylic acids is 1. The van der Waals surface area contributed by atoms with Crippen LogP contribution in [-0.2, 0) is 14.8 Å². The summed E-state index contributed by atoms with van der Waals surface area (Å²) in [5, 5.41) is 0. The molecule has 0 radical (unpaired) electrons. The molecule has 1 aliphatic carbocycles. The van der Waals surface area contributed by atoms with Gasteiger partial charge >= 0.3 is 0 Å². The van der Waals surface area contributed by atoms with Gasteiger partial charge in [-0.05, 0) is 58.1 Å². The Hall–Kier alpha value is -1.41. The average molecular weight is 400 g/mol. The number of ketones is 1. The van der Waals surface area contributed by atoms with E-state index in [1.165, 1.54) is 19.3 Å². The number of benzene rings is 1. The van der Waals surface area contributed by atoms with E-state index < -0.39 is 13.9 Å². The van der Waals surface area contributed by atoms with Crippen molar-refractivity contribution in [3.8, 4) is 11.8 Å². The van der Waals surface area contributed by atoms with Crippen LogP contribution < -0.4 is 0 Å². The topological polar surface area (TPSA) is 29.5 Å². The maximum absolute atomic E-state index is 13.8. The molecule has 0 aliphatic heterocycles. The molecular weight excluding hydrogens is 362 g/mol. The van der Waals surface area contributed by atoms with Crippen LogP contribution in [0.3, 0.4) is 0 Å². The third-order valence-corrected chi connectivity index (χ3v) is 6.20. The number of hydrogen-bond donors (Lipinski definition) is 0. The normalized spacial score (nSPS) is 17.6. The Kier molecular flexibility index (Phi) is 8.49. The molecular formula is C24H37NO2Si. The summed E-state index contributed by atoms with van der Waals surface area (Å²) in [6.45, 7) is 7.30. The first-order valence-electron chi connectivity index (χ1n) is 10.6. The van der Waals surface area contributed by atoms with Crippen LogP contribution in [0.25, 0.3) is 0 Å². The smallest absolute Gasteiger partial charge is 0.185 e. The van der Waals surface area contributed by atoms with E-state index in [4.69, 9.17) is 4.43 Å². The molecule has 1 aliphatic rings. The van der Waals surface area contributed by atoms with E-state index >= 15 is 0 Å². The van der Waals surface area contributed by atoms with E-state index in [0.717, 1.165) is 24.9 Å². The first-order chi connectivity index (χ1) is 13.3. The lowest BCUT2D eigenvalue weighted by Gasteiger charge is -2.45. The summed E-state index contributed by atoms with van der Waals surface area (Å²) in [5.74, 6) is 6.81. The minimum Gasteiger partial charge on any atom is -0.401 e. The van der Waals surface area contributed by atoms with Crippen LogP contribution in [0.2, 0.25) is 19.6 Å². The second kappa shape index (κ2) is 10.4. The van der Waals surface area contributed by atoms with Crippen LogP contribution in [0.5, 0.6) is 0 Å². The SMILES string of the molecule is CN(C)CC#CCCC(=O)C(O[Si](C)(C)C)(c1ccccc1)C1CCCCC1. The Balaban J connectivity index is 2.36. The van der Waals surface area contributed by atoms with Gasteiger partial charge in [-0.1, -0.05) is 55.5 Å².